The second-order valence-electron chi connectivity index (χ2n) is 4.79. The molecule has 0 saturated heterocycles. The van der Waals surface area contributed by atoms with Gasteiger partial charge in [0.25, 0.3) is 0 Å². The molecule has 0 bridgehead atoms. The lowest BCUT2D eigenvalue weighted by Crippen LogP contribution is -2.31. The van der Waals surface area contributed by atoms with Crippen LogP contribution in [-0.2, 0) is 5.41 Å². The Bertz CT molecular complexity index is 324. The Kier molecular flexibility index (Phi) is 3.35. The van der Waals surface area contributed by atoms with Crippen molar-refractivity contribution in [3.8, 4) is 0 Å². The van der Waals surface area contributed by atoms with E-state index < -0.39 is 0 Å². The SMILES string of the molecule is Cc1ccccc1C1(CCl)CCCCC1. The Labute approximate surface area is 97.6 Å². The zero-order valence-electron chi connectivity index (χ0n) is 9.43. The predicted molar refractivity (Wildman–Crippen MR) is 66.7 cm³/mol. The van der Waals surface area contributed by atoms with Crippen LogP contribution in [0, 0.1) is 6.92 Å². The van der Waals surface area contributed by atoms with Crippen LogP contribution in [-0.4, -0.2) is 5.88 Å². The summed E-state index contributed by atoms with van der Waals surface area (Å²) in [7, 11) is 0. The Morgan fingerprint density at radius 3 is 2.40 bits per heavy atom. The summed E-state index contributed by atoms with van der Waals surface area (Å²) >= 11 is 6.24. The van der Waals surface area contributed by atoms with E-state index in [1.165, 1.54) is 43.2 Å². The molecule has 0 amide bonds. The Balaban J connectivity index is 2.36. The van der Waals surface area contributed by atoms with Crippen LogP contribution in [0.15, 0.2) is 24.3 Å². The molecule has 1 saturated carbocycles. The first-order valence-electron chi connectivity index (χ1n) is 5.91. The summed E-state index contributed by atoms with van der Waals surface area (Å²) in [6, 6.07) is 8.73. The maximum absolute atomic E-state index is 6.24. The molecule has 0 aliphatic heterocycles. The lowest BCUT2D eigenvalue weighted by Gasteiger charge is -2.37. The van der Waals surface area contributed by atoms with E-state index in [1.807, 2.05) is 0 Å². The highest BCUT2D eigenvalue weighted by Gasteiger charge is 2.33. The molecule has 1 aliphatic rings. The van der Waals surface area contributed by atoms with Crippen molar-refractivity contribution >= 4 is 11.6 Å². The minimum Gasteiger partial charge on any atom is -0.126 e. The molecule has 15 heavy (non-hydrogen) atoms. The van der Waals surface area contributed by atoms with Gasteiger partial charge in [-0.2, -0.15) is 0 Å². The van der Waals surface area contributed by atoms with Gasteiger partial charge in [0.05, 0.1) is 0 Å². The average Bonchev–Trinajstić information content (AvgIpc) is 2.30. The molecule has 82 valence electrons. The predicted octanol–water partition coefficient (Wildman–Crippen LogP) is 4.44. The summed E-state index contributed by atoms with van der Waals surface area (Å²) < 4.78 is 0. The van der Waals surface area contributed by atoms with Crippen LogP contribution < -0.4 is 0 Å². The van der Waals surface area contributed by atoms with E-state index in [1.54, 1.807) is 0 Å². The van der Waals surface area contributed by atoms with Crippen molar-refractivity contribution in [3.63, 3.8) is 0 Å². The molecule has 0 radical (unpaired) electrons. The van der Waals surface area contributed by atoms with Crippen LogP contribution in [0.1, 0.15) is 43.2 Å². The fraction of sp³-hybridized carbons (Fsp3) is 0.571. The lowest BCUT2D eigenvalue weighted by atomic mass is 9.69. The van der Waals surface area contributed by atoms with E-state index in [4.69, 9.17) is 11.6 Å². The van der Waals surface area contributed by atoms with Gasteiger partial charge in [-0.05, 0) is 30.9 Å². The quantitative estimate of drug-likeness (QED) is 0.650. The van der Waals surface area contributed by atoms with Crippen molar-refractivity contribution in [1.82, 2.24) is 0 Å². The Morgan fingerprint density at radius 1 is 1.13 bits per heavy atom. The van der Waals surface area contributed by atoms with Crippen LogP contribution in [0.25, 0.3) is 0 Å². The van der Waals surface area contributed by atoms with Gasteiger partial charge < -0.3 is 0 Å². The van der Waals surface area contributed by atoms with Crippen LogP contribution in [0.4, 0.5) is 0 Å². The average molecular weight is 223 g/mol. The van der Waals surface area contributed by atoms with Crippen molar-refractivity contribution in [2.24, 2.45) is 0 Å². The summed E-state index contributed by atoms with van der Waals surface area (Å²) in [6.45, 7) is 2.21. The van der Waals surface area contributed by atoms with Crippen molar-refractivity contribution in [2.45, 2.75) is 44.4 Å². The highest BCUT2D eigenvalue weighted by molar-refractivity contribution is 6.18. The molecule has 0 spiro atoms. The maximum Gasteiger partial charge on any atom is 0.0320 e. The smallest absolute Gasteiger partial charge is 0.0320 e. The largest absolute Gasteiger partial charge is 0.126 e. The van der Waals surface area contributed by atoms with Crippen molar-refractivity contribution in [1.29, 1.82) is 0 Å². The maximum atomic E-state index is 6.24. The molecule has 1 aromatic rings. The van der Waals surface area contributed by atoms with Gasteiger partial charge in [0.1, 0.15) is 0 Å². The van der Waals surface area contributed by atoms with E-state index in [9.17, 15) is 0 Å². The minimum atomic E-state index is 0.269. The number of benzene rings is 1. The zero-order chi connectivity index (χ0) is 10.7. The molecule has 1 heteroatoms. The fourth-order valence-corrected chi connectivity index (χ4v) is 3.28. The van der Waals surface area contributed by atoms with E-state index >= 15 is 0 Å². The number of halogens is 1. The Hall–Kier alpha value is -0.490. The first kappa shape index (κ1) is 11.0. The van der Waals surface area contributed by atoms with Gasteiger partial charge in [-0.3, -0.25) is 0 Å². The number of rotatable bonds is 2. The van der Waals surface area contributed by atoms with Crippen LogP contribution >= 0.6 is 11.6 Å². The molecular weight excluding hydrogens is 204 g/mol. The second-order valence-corrected chi connectivity index (χ2v) is 5.06. The number of hydrogen-bond donors (Lipinski definition) is 0. The van der Waals surface area contributed by atoms with E-state index in [0.29, 0.717) is 0 Å². The summed E-state index contributed by atoms with van der Waals surface area (Å²) in [5.74, 6) is 0.776. The van der Waals surface area contributed by atoms with E-state index in [2.05, 4.69) is 31.2 Å². The molecule has 1 aliphatic carbocycles. The highest BCUT2D eigenvalue weighted by Crippen LogP contribution is 2.41. The van der Waals surface area contributed by atoms with Gasteiger partial charge in [-0.25, -0.2) is 0 Å². The van der Waals surface area contributed by atoms with Crippen LogP contribution in [0.3, 0.4) is 0 Å². The third-order valence-electron chi connectivity index (χ3n) is 3.78. The monoisotopic (exact) mass is 222 g/mol. The summed E-state index contributed by atoms with van der Waals surface area (Å²) in [4.78, 5) is 0. The van der Waals surface area contributed by atoms with Gasteiger partial charge in [0.2, 0.25) is 0 Å². The van der Waals surface area contributed by atoms with E-state index in [-0.39, 0.29) is 5.41 Å². The molecule has 0 heterocycles. The third-order valence-corrected chi connectivity index (χ3v) is 4.29. The molecule has 1 fully saturated rings. The third kappa shape index (κ3) is 2.06. The number of hydrogen-bond acceptors (Lipinski definition) is 0. The normalized spacial score (nSPS) is 20.1. The minimum absolute atomic E-state index is 0.269. The Morgan fingerprint density at radius 2 is 1.80 bits per heavy atom. The molecule has 2 rings (SSSR count). The topological polar surface area (TPSA) is 0 Å². The van der Waals surface area contributed by atoms with Gasteiger partial charge in [-0.15, -0.1) is 11.6 Å². The summed E-state index contributed by atoms with van der Waals surface area (Å²) in [5.41, 5.74) is 3.16. The highest BCUT2D eigenvalue weighted by atomic mass is 35.5. The molecule has 0 N–H and O–H groups in total. The van der Waals surface area contributed by atoms with Gasteiger partial charge in [0.15, 0.2) is 0 Å². The first-order valence-corrected chi connectivity index (χ1v) is 6.44. The molecular formula is C14H19Cl. The van der Waals surface area contributed by atoms with Crippen molar-refractivity contribution in [2.75, 3.05) is 5.88 Å². The first-order chi connectivity index (χ1) is 7.28. The van der Waals surface area contributed by atoms with E-state index in [0.717, 1.165) is 5.88 Å². The second kappa shape index (κ2) is 4.57. The zero-order valence-corrected chi connectivity index (χ0v) is 10.2. The number of aryl methyl sites for hydroxylation is 1. The molecule has 0 unspecified atom stereocenters. The van der Waals surface area contributed by atoms with Crippen molar-refractivity contribution < 1.29 is 0 Å². The van der Waals surface area contributed by atoms with Gasteiger partial charge >= 0.3 is 0 Å². The van der Waals surface area contributed by atoms with Crippen LogP contribution in [0.5, 0.6) is 0 Å². The van der Waals surface area contributed by atoms with Gasteiger partial charge in [0, 0.05) is 11.3 Å². The molecule has 0 aromatic heterocycles. The number of alkyl halides is 1. The van der Waals surface area contributed by atoms with Crippen molar-refractivity contribution in [3.05, 3.63) is 35.4 Å². The lowest BCUT2D eigenvalue weighted by molar-refractivity contribution is 0.322. The molecule has 0 nitrogen and oxygen atoms in total. The van der Waals surface area contributed by atoms with Gasteiger partial charge in [-0.1, -0.05) is 43.5 Å². The molecule has 0 atom stereocenters. The summed E-state index contributed by atoms with van der Waals surface area (Å²) in [6.07, 6.45) is 6.58. The standard InChI is InChI=1S/C14H19Cl/c1-12-7-3-4-8-13(12)14(11-15)9-5-2-6-10-14/h3-4,7-8H,2,5-6,9-11H2,1H3. The fourth-order valence-electron chi connectivity index (χ4n) is 2.87. The summed E-state index contributed by atoms with van der Waals surface area (Å²) in [5, 5.41) is 0. The molecule has 1 aromatic carbocycles. The van der Waals surface area contributed by atoms with Crippen LogP contribution in [0.2, 0.25) is 0 Å².